The number of aromatic nitrogens is 3. The van der Waals surface area contributed by atoms with Crippen LogP contribution < -0.4 is 11.1 Å². The molecule has 2 aromatic heterocycles. The molecule has 9 nitrogen and oxygen atoms in total. The number of amides is 3. The van der Waals surface area contributed by atoms with E-state index in [-0.39, 0.29) is 17.2 Å². The second-order valence-electron chi connectivity index (χ2n) is 7.77. The number of rotatable bonds is 3. The van der Waals surface area contributed by atoms with Gasteiger partial charge in [-0.05, 0) is 42.5 Å². The molecule has 0 spiro atoms. The van der Waals surface area contributed by atoms with Crippen LogP contribution in [0.4, 0.5) is 10.1 Å². The quantitative estimate of drug-likeness (QED) is 0.554. The van der Waals surface area contributed by atoms with Crippen LogP contribution in [-0.4, -0.2) is 44.3 Å². The van der Waals surface area contributed by atoms with Crippen molar-refractivity contribution in [2.45, 2.75) is 25.8 Å². The second-order valence-corrected chi connectivity index (χ2v) is 7.77. The summed E-state index contributed by atoms with van der Waals surface area (Å²) in [4.78, 5) is 42.3. The van der Waals surface area contributed by atoms with Crippen molar-refractivity contribution in [3.8, 4) is 0 Å². The van der Waals surface area contributed by atoms with Gasteiger partial charge in [-0.3, -0.25) is 24.5 Å². The molecule has 0 bridgehead atoms. The Balaban J connectivity index is 1.59. The first-order valence-corrected chi connectivity index (χ1v) is 9.83. The van der Waals surface area contributed by atoms with Crippen LogP contribution in [0.25, 0.3) is 10.9 Å². The Morgan fingerprint density at radius 1 is 1.19 bits per heavy atom. The molecule has 160 valence electrons. The number of anilines is 1. The maximum Gasteiger partial charge on any atom is 0.313 e. The molecule has 1 aromatic carbocycles. The summed E-state index contributed by atoms with van der Waals surface area (Å²) < 4.78 is 14.5. The van der Waals surface area contributed by atoms with E-state index in [4.69, 9.17) is 5.73 Å². The molecule has 0 unspecified atom stereocenters. The fourth-order valence-electron chi connectivity index (χ4n) is 3.91. The fraction of sp³-hybridized carbons (Fsp3) is 0.286. The lowest BCUT2D eigenvalue weighted by atomic mass is 9.89. The summed E-state index contributed by atoms with van der Waals surface area (Å²) in [5.41, 5.74) is 6.42. The van der Waals surface area contributed by atoms with E-state index in [2.05, 4.69) is 20.5 Å². The molecular weight excluding hydrogens is 403 g/mol. The lowest BCUT2D eigenvalue weighted by Crippen LogP contribution is -2.46. The number of aromatic amines is 1. The van der Waals surface area contributed by atoms with Crippen molar-refractivity contribution in [2.75, 3.05) is 11.9 Å². The van der Waals surface area contributed by atoms with Crippen molar-refractivity contribution in [1.29, 1.82) is 0 Å². The predicted octanol–water partition coefficient (Wildman–Crippen LogP) is 2.13. The highest BCUT2D eigenvalue weighted by atomic mass is 19.1. The number of primary amides is 1. The number of piperidine rings is 1. The number of H-pyrrole nitrogens is 1. The van der Waals surface area contributed by atoms with Crippen LogP contribution in [0.2, 0.25) is 0 Å². The van der Waals surface area contributed by atoms with Gasteiger partial charge in [0.15, 0.2) is 0 Å². The predicted molar refractivity (Wildman–Crippen MR) is 110 cm³/mol. The molecule has 1 fully saturated rings. The number of carbonyl (C=O) groups excluding carboxylic acids is 3. The number of nitrogens with zero attached hydrogens (tertiary/aromatic N) is 3. The Hall–Kier alpha value is -3.82. The molecule has 1 saturated heterocycles. The van der Waals surface area contributed by atoms with E-state index in [1.54, 1.807) is 6.07 Å². The minimum Gasteiger partial charge on any atom is -0.366 e. The molecule has 4 N–H and O–H groups in total. The van der Waals surface area contributed by atoms with Crippen LogP contribution in [0.5, 0.6) is 0 Å². The maximum absolute atomic E-state index is 14.5. The molecular formula is C21H21FN6O3. The number of fused-ring (bicyclic) bond motifs is 1. The van der Waals surface area contributed by atoms with Crippen LogP contribution in [0.1, 0.15) is 41.7 Å². The second kappa shape index (κ2) is 8.13. The van der Waals surface area contributed by atoms with E-state index < -0.39 is 29.6 Å². The Labute approximate surface area is 176 Å². The van der Waals surface area contributed by atoms with Crippen LogP contribution >= 0.6 is 0 Å². The average Bonchev–Trinajstić information content (AvgIpc) is 3.22. The SMILES string of the molecule is C[C@@H]1CC[C@@H](c2cc(F)c3[nH]ncc3c2)N(C(=O)C(=O)Nc2cncc(C(N)=O)c2)C1. The number of nitrogens with two attached hydrogens (primary N) is 1. The highest BCUT2D eigenvalue weighted by molar-refractivity contribution is 6.39. The first kappa shape index (κ1) is 20.5. The van der Waals surface area contributed by atoms with Gasteiger partial charge in [-0.15, -0.1) is 0 Å². The number of likely N-dealkylation sites (tertiary alicyclic amines) is 1. The van der Waals surface area contributed by atoms with Crippen LogP contribution in [0, 0.1) is 11.7 Å². The van der Waals surface area contributed by atoms with Gasteiger partial charge < -0.3 is 16.0 Å². The maximum atomic E-state index is 14.5. The zero-order chi connectivity index (χ0) is 22.1. The lowest BCUT2D eigenvalue weighted by Gasteiger charge is -2.38. The van der Waals surface area contributed by atoms with E-state index >= 15 is 0 Å². The lowest BCUT2D eigenvalue weighted by molar-refractivity contribution is -0.146. The van der Waals surface area contributed by atoms with Gasteiger partial charge in [0.25, 0.3) is 0 Å². The monoisotopic (exact) mass is 424 g/mol. The smallest absolute Gasteiger partial charge is 0.313 e. The molecule has 0 aliphatic carbocycles. The van der Waals surface area contributed by atoms with Crippen molar-refractivity contribution in [2.24, 2.45) is 11.7 Å². The van der Waals surface area contributed by atoms with E-state index in [9.17, 15) is 18.8 Å². The summed E-state index contributed by atoms with van der Waals surface area (Å²) in [5.74, 6) is -2.58. The van der Waals surface area contributed by atoms with E-state index in [1.807, 2.05) is 6.92 Å². The molecule has 1 aliphatic rings. The third-order valence-electron chi connectivity index (χ3n) is 5.46. The van der Waals surface area contributed by atoms with Crippen LogP contribution in [0.15, 0.2) is 36.8 Å². The number of hydrogen-bond donors (Lipinski definition) is 3. The molecule has 31 heavy (non-hydrogen) atoms. The number of pyridine rings is 1. The Morgan fingerprint density at radius 2 is 2.00 bits per heavy atom. The van der Waals surface area contributed by atoms with E-state index in [0.717, 1.165) is 6.42 Å². The summed E-state index contributed by atoms with van der Waals surface area (Å²) in [6, 6.07) is 4.05. The molecule has 3 heterocycles. The average molecular weight is 424 g/mol. The number of halogens is 1. The van der Waals surface area contributed by atoms with Crippen molar-refractivity contribution in [3.05, 3.63) is 53.7 Å². The van der Waals surface area contributed by atoms with Crippen LogP contribution in [-0.2, 0) is 9.59 Å². The normalized spacial score (nSPS) is 18.7. The first-order valence-electron chi connectivity index (χ1n) is 9.83. The minimum absolute atomic E-state index is 0.110. The Bertz CT molecular complexity index is 1180. The largest absolute Gasteiger partial charge is 0.366 e. The zero-order valence-corrected chi connectivity index (χ0v) is 16.8. The summed E-state index contributed by atoms with van der Waals surface area (Å²) in [7, 11) is 0. The zero-order valence-electron chi connectivity index (χ0n) is 16.8. The van der Waals surface area contributed by atoms with Gasteiger partial charge in [0.05, 0.1) is 29.7 Å². The van der Waals surface area contributed by atoms with Crippen molar-refractivity contribution in [1.82, 2.24) is 20.1 Å². The van der Waals surface area contributed by atoms with Crippen molar-refractivity contribution < 1.29 is 18.8 Å². The molecule has 0 saturated carbocycles. The van der Waals surface area contributed by atoms with Gasteiger partial charge in [-0.2, -0.15) is 5.10 Å². The summed E-state index contributed by atoms with van der Waals surface area (Å²) in [5, 5.41) is 9.53. The first-order chi connectivity index (χ1) is 14.8. The number of carbonyl (C=O) groups is 3. The van der Waals surface area contributed by atoms with E-state index in [0.29, 0.717) is 29.4 Å². The summed E-state index contributed by atoms with van der Waals surface area (Å²) >= 11 is 0. The molecule has 10 heteroatoms. The Kier molecular flexibility index (Phi) is 5.37. The van der Waals surface area contributed by atoms with Gasteiger partial charge in [0, 0.05) is 18.1 Å². The molecule has 0 radical (unpaired) electrons. The van der Waals surface area contributed by atoms with Gasteiger partial charge in [-0.1, -0.05) is 6.92 Å². The highest BCUT2D eigenvalue weighted by Gasteiger charge is 2.34. The molecule has 3 aromatic rings. The number of hydrogen-bond acceptors (Lipinski definition) is 5. The van der Waals surface area contributed by atoms with Crippen LogP contribution in [0.3, 0.4) is 0 Å². The van der Waals surface area contributed by atoms with Crippen molar-refractivity contribution >= 4 is 34.3 Å². The third kappa shape index (κ3) is 4.09. The Morgan fingerprint density at radius 3 is 2.77 bits per heavy atom. The van der Waals surface area contributed by atoms with E-state index in [1.165, 1.54) is 35.6 Å². The topological polar surface area (TPSA) is 134 Å². The van der Waals surface area contributed by atoms with Gasteiger partial charge in [0.1, 0.15) is 11.3 Å². The van der Waals surface area contributed by atoms with Gasteiger partial charge in [-0.25, -0.2) is 4.39 Å². The van der Waals surface area contributed by atoms with Crippen molar-refractivity contribution in [3.63, 3.8) is 0 Å². The third-order valence-corrected chi connectivity index (χ3v) is 5.46. The van der Waals surface area contributed by atoms with Gasteiger partial charge >= 0.3 is 11.8 Å². The standard InChI is InChI=1S/C21H21FN6O3/c1-11-2-3-17(12-4-13-8-25-27-18(13)16(22)6-12)28(10-11)21(31)20(30)26-15-5-14(19(23)29)7-24-9-15/h4-9,11,17H,2-3,10H2,1H3,(H2,23,29)(H,25,27)(H,26,30)/t11-,17+/m1/s1. The number of nitrogens with one attached hydrogen (secondary N) is 2. The summed E-state index contributed by atoms with van der Waals surface area (Å²) in [6.07, 6.45) is 5.54. The van der Waals surface area contributed by atoms with Gasteiger partial charge in [0.2, 0.25) is 5.91 Å². The highest BCUT2D eigenvalue weighted by Crippen LogP contribution is 2.35. The molecule has 4 rings (SSSR count). The molecule has 2 atom stereocenters. The molecule has 3 amide bonds. The fourth-order valence-corrected chi connectivity index (χ4v) is 3.91. The number of benzene rings is 1. The summed E-state index contributed by atoms with van der Waals surface area (Å²) in [6.45, 7) is 2.36. The minimum atomic E-state index is -0.868. The molecule has 1 aliphatic heterocycles.